The summed E-state index contributed by atoms with van der Waals surface area (Å²) in [7, 11) is 0. The number of para-hydroxylation sites is 2. The molecule has 0 saturated heterocycles. The van der Waals surface area contributed by atoms with Gasteiger partial charge in [-0.15, -0.1) is 0 Å². The molecular weight excluding hydrogens is 449 g/mol. The Morgan fingerprint density at radius 1 is 1.24 bits per heavy atom. The van der Waals surface area contributed by atoms with Crippen molar-refractivity contribution in [3.05, 3.63) is 74.7 Å². The number of hydrogen-bond donors (Lipinski definition) is 1. The van der Waals surface area contributed by atoms with Gasteiger partial charge in [-0.3, -0.25) is 29.1 Å². The molecule has 1 heterocycles. The Morgan fingerprint density at radius 2 is 1.94 bits per heavy atom. The molecule has 10 nitrogen and oxygen atoms in total. The summed E-state index contributed by atoms with van der Waals surface area (Å²) in [4.78, 5) is 50.4. The number of non-ortho nitro benzene ring substituents is 1. The number of nitro groups is 1. The van der Waals surface area contributed by atoms with E-state index in [1.165, 1.54) is 0 Å². The topological polar surface area (TPSA) is 133 Å². The van der Waals surface area contributed by atoms with Gasteiger partial charge in [0.15, 0.2) is 6.10 Å². The van der Waals surface area contributed by atoms with Crippen LogP contribution in [0.2, 0.25) is 0 Å². The number of nitrogens with zero attached hydrogens (tertiary/aromatic N) is 3. The van der Waals surface area contributed by atoms with E-state index in [9.17, 15) is 37.7 Å². The number of halogens is 3. The number of amides is 1. The first-order valence-electron chi connectivity index (χ1n) is 9.28. The van der Waals surface area contributed by atoms with Gasteiger partial charge in [0.1, 0.15) is 6.54 Å². The fourth-order valence-electron chi connectivity index (χ4n) is 2.92. The van der Waals surface area contributed by atoms with Gasteiger partial charge >= 0.3 is 12.1 Å². The molecule has 0 aliphatic carbocycles. The minimum Gasteiger partial charge on any atom is -0.451 e. The first kappa shape index (κ1) is 23.4. The van der Waals surface area contributed by atoms with Gasteiger partial charge in [0.2, 0.25) is 0 Å². The van der Waals surface area contributed by atoms with Crippen molar-refractivity contribution in [2.24, 2.45) is 0 Å². The predicted molar refractivity (Wildman–Crippen MR) is 108 cm³/mol. The summed E-state index contributed by atoms with van der Waals surface area (Å²) >= 11 is 0. The number of benzene rings is 2. The van der Waals surface area contributed by atoms with Gasteiger partial charge in [0.05, 0.1) is 33.4 Å². The molecule has 172 valence electrons. The number of carbonyl (C=O) groups is 2. The van der Waals surface area contributed by atoms with Crippen LogP contribution < -0.4 is 10.9 Å². The molecule has 0 fully saturated rings. The SMILES string of the molecule is CC(OC(=O)Cn1c(=O)cnc2ccccc21)C(=O)Nc1ccc([N+](=O)[O-])cc1C(F)(F)F. The minimum absolute atomic E-state index is 0.285. The molecule has 33 heavy (non-hydrogen) atoms. The molecule has 0 aliphatic heterocycles. The van der Waals surface area contributed by atoms with Crippen LogP contribution >= 0.6 is 0 Å². The molecule has 0 aliphatic rings. The van der Waals surface area contributed by atoms with E-state index in [2.05, 4.69) is 4.98 Å². The van der Waals surface area contributed by atoms with Gasteiger partial charge < -0.3 is 10.1 Å². The Kier molecular flexibility index (Phi) is 6.42. The summed E-state index contributed by atoms with van der Waals surface area (Å²) < 4.78 is 45.8. The largest absolute Gasteiger partial charge is 0.451 e. The molecule has 1 aromatic heterocycles. The zero-order chi connectivity index (χ0) is 24.3. The van der Waals surface area contributed by atoms with Crippen LogP contribution in [0, 0.1) is 10.1 Å². The van der Waals surface area contributed by atoms with Gasteiger partial charge in [-0.05, 0) is 25.1 Å². The Morgan fingerprint density at radius 3 is 2.61 bits per heavy atom. The quantitative estimate of drug-likeness (QED) is 0.337. The molecule has 13 heteroatoms. The van der Waals surface area contributed by atoms with Gasteiger partial charge in [0.25, 0.3) is 17.2 Å². The summed E-state index contributed by atoms with van der Waals surface area (Å²) in [5, 5.41) is 12.7. The molecule has 1 amide bonds. The van der Waals surface area contributed by atoms with E-state index >= 15 is 0 Å². The second kappa shape index (κ2) is 9.06. The Labute approximate surface area is 182 Å². The molecule has 1 unspecified atom stereocenters. The van der Waals surface area contributed by atoms with E-state index in [0.29, 0.717) is 11.0 Å². The van der Waals surface area contributed by atoms with Crippen LogP contribution in [0.3, 0.4) is 0 Å². The van der Waals surface area contributed by atoms with E-state index in [1.807, 2.05) is 5.32 Å². The number of carbonyl (C=O) groups excluding carboxylic acids is 2. The average Bonchev–Trinajstić information content (AvgIpc) is 2.75. The zero-order valence-electron chi connectivity index (χ0n) is 16.8. The highest BCUT2D eigenvalue weighted by atomic mass is 19.4. The number of rotatable bonds is 6. The third-order valence-electron chi connectivity index (χ3n) is 4.49. The average molecular weight is 464 g/mol. The van der Waals surface area contributed by atoms with Crippen LogP contribution in [0.25, 0.3) is 11.0 Å². The third kappa shape index (κ3) is 5.31. The Hall–Kier alpha value is -4.29. The third-order valence-corrected chi connectivity index (χ3v) is 4.49. The fraction of sp³-hybridized carbons (Fsp3) is 0.200. The molecule has 3 rings (SSSR count). The maximum atomic E-state index is 13.3. The van der Waals surface area contributed by atoms with Crippen LogP contribution in [-0.4, -0.2) is 32.5 Å². The smallest absolute Gasteiger partial charge is 0.418 e. The van der Waals surface area contributed by atoms with Gasteiger partial charge in [-0.2, -0.15) is 13.2 Å². The summed E-state index contributed by atoms with van der Waals surface area (Å²) in [6, 6.07) is 8.30. The Balaban J connectivity index is 1.74. The molecule has 3 aromatic rings. The normalized spacial score (nSPS) is 12.2. The highest BCUT2D eigenvalue weighted by Gasteiger charge is 2.36. The molecule has 0 bridgehead atoms. The summed E-state index contributed by atoms with van der Waals surface area (Å²) in [5.41, 5.74) is -2.79. The Bertz CT molecular complexity index is 1300. The standard InChI is InChI=1S/C20H15F3N4O6/c1-11(19(30)25-14-7-6-12(27(31)32)8-13(14)20(21,22)23)33-18(29)10-26-16-5-3-2-4-15(16)24-9-17(26)28/h2-9,11H,10H2,1H3,(H,25,30). The number of ether oxygens (including phenoxy) is 1. The van der Waals surface area contributed by atoms with Crippen molar-refractivity contribution >= 4 is 34.3 Å². The van der Waals surface area contributed by atoms with Crippen LogP contribution in [-0.2, 0) is 27.0 Å². The number of nitrogens with one attached hydrogen (secondary N) is 1. The van der Waals surface area contributed by atoms with Crippen molar-refractivity contribution in [2.75, 3.05) is 5.32 Å². The van der Waals surface area contributed by atoms with Crippen molar-refractivity contribution in [2.45, 2.75) is 25.7 Å². The van der Waals surface area contributed by atoms with E-state index < -0.39 is 58.1 Å². The number of hydrogen-bond acceptors (Lipinski definition) is 7. The van der Waals surface area contributed by atoms with Crippen molar-refractivity contribution in [3.8, 4) is 0 Å². The molecule has 0 saturated carbocycles. The van der Waals surface area contributed by atoms with E-state index in [-0.39, 0.29) is 6.07 Å². The van der Waals surface area contributed by atoms with Crippen molar-refractivity contribution in [3.63, 3.8) is 0 Å². The maximum Gasteiger partial charge on any atom is 0.418 e. The monoisotopic (exact) mass is 464 g/mol. The lowest BCUT2D eigenvalue weighted by atomic mass is 10.1. The van der Waals surface area contributed by atoms with Gasteiger partial charge in [0, 0.05) is 12.1 Å². The number of alkyl halides is 3. The summed E-state index contributed by atoms with van der Waals surface area (Å²) in [6.45, 7) is 0.560. The number of fused-ring (bicyclic) bond motifs is 1. The minimum atomic E-state index is -4.99. The van der Waals surface area contributed by atoms with Crippen molar-refractivity contribution < 1.29 is 32.4 Å². The zero-order valence-corrected chi connectivity index (χ0v) is 16.8. The molecule has 0 spiro atoms. The summed E-state index contributed by atoms with van der Waals surface area (Å²) in [6.07, 6.45) is -5.51. The number of anilines is 1. The molecule has 1 atom stereocenters. The molecular formula is C20H15F3N4O6. The predicted octanol–water partition coefficient (Wildman–Crippen LogP) is 2.89. The lowest BCUT2D eigenvalue weighted by Gasteiger charge is -2.17. The van der Waals surface area contributed by atoms with Crippen LogP contribution in [0.15, 0.2) is 53.5 Å². The second-order valence-electron chi connectivity index (χ2n) is 6.78. The van der Waals surface area contributed by atoms with Gasteiger partial charge in [-0.1, -0.05) is 12.1 Å². The lowest BCUT2D eigenvalue weighted by Crippen LogP contribution is -2.33. The first-order valence-corrected chi connectivity index (χ1v) is 9.28. The van der Waals surface area contributed by atoms with E-state index in [1.54, 1.807) is 24.3 Å². The van der Waals surface area contributed by atoms with E-state index in [4.69, 9.17) is 4.74 Å². The van der Waals surface area contributed by atoms with Crippen molar-refractivity contribution in [1.82, 2.24) is 9.55 Å². The van der Waals surface area contributed by atoms with Gasteiger partial charge in [-0.25, -0.2) is 4.98 Å². The molecule has 0 radical (unpaired) electrons. The van der Waals surface area contributed by atoms with Crippen LogP contribution in [0.1, 0.15) is 12.5 Å². The molecule has 2 aromatic carbocycles. The maximum absolute atomic E-state index is 13.3. The molecule has 1 N–H and O–H groups in total. The van der Waals surface area contributed by atoms with Crippen molar-refractivity contribution in [1.29, 1.82) is 0 Å². The number of nitro benzene ring substituents is 1. The number of aromatic nitrogens is 2. The highest BCUT2D eigenvalue weighted by molar-refractivity contribution is 5.96. The summed E-state index contributed by atoms with van der Waals surface area (Å²) in [5.74, 6) is -2.09. The van der Waals surface area contributed by atoms with Crippen LogP contribution in [0.5, 0.6) is 0 Å². The fourth-order valence-corrected chi connectivity index (χ4v) is 2.92. The second-order valence-corrected chi connectivity index (χ2v) is 6.78. The highest BCUT2D eigenvalue weighted by Crippen LogP contribution is 2.37. The van der Waals surface area contributed by atoms with E-state index in [0.717, 1.165) is 29.8 Å². The van der Waals surface area contributed by atoms with Crippen LogP contribution in [0.4, 0.5) is 24.5 Å². The first-order chi connectivity index (χ1) is 15.5. The lowest BCUT2D eigenvalue weighted by molar-refractivity contribution is -0.385. The number of esters is 1.